The molecule has 0 radical (unpaired) electrons. The number of nitrogens with one attached hydrogen (secondary N) is 1. The van der Waals surface area contributed by atoms with E-state index in [1.807, 2.05) is 0 Å². The molecule has 1 aliphatic rings. The van der Waals surface area contributed by atoms with Crippen molar-refractivity contribution in [2.24, 2.45) is 5.92 Å². The number of carbonyl (C=O) groups excluding carboxylic acids is 1. The van der Waals surface area contributed by atoms with Crippen molar-refractivity contribution in [2.45, 2.75) is 44.1 Å². The van der Waals surface area contributed by atoms with Crippen LogP contribution in [0.15, 0.2) is 40.9 Å². The molecule has 2 aromatic heterocycles. The topological polar surface area (TPSA) is 76.9 Å². The van der Waals surface area contributed by atoms with E-state index in [1.54, 1.807) is 5.38 Å². The highest BCUT2D eigenvalue weighted by molar-refractivity contribution is 7.13. The van der Waals surface area contributed by atoms with Gasteiger partial charge in [-0.3, -0.25) is 14.2 Å². The lowest BCUT2D eigenvalue weighted by Gasteiger charge is -2.30. The number of aromatic nitrogens is 3. The van der Waals surface area contributed by atoms with Gasteiger partial charge in [0.05, 0.1) is 17.2 Å². The van der Waals surface area contributed by atoms with Gasteiger partial charge >= 0.3 is 0 Å². The number of benzene rings is 1. The van der Waals surface area contributed by atoms with Gasteiger partial charge in [-0.05, 0) is 43.4 Å². The van der Waals surface area contributed by atoms with Crippen LogP contribution in [0.1, 0.15) is 38.1 Å². The van der Waals surface area contributed by atoms with Gasteiger partial charge < -0.3 is 5.32 Å². The van der Waals surface area contributed by atoms with E-state index >= 15 is 0 Å². The molecule has 4 rings (SSSR count). The maximum atomic E-state index is 13.7. The third-order valence-electron chi connectivity index (χ3n) is 5.44. The minimum absolute atomic E-state index is 0.0553. The average molecular weight is 436 g/mol. The van der Waals surface area contributed by atoms with E-state index in [9.17, 15) is 22.8 Å². The van der Waals surface area contributed by atoms with Gasteiger partial charge in [0.1, 0.15) is 11.9 Å². The zero-order valence-electron chi connectivity index (χ0n) is 15.9. The summed E-state index contributed by atoms with van der Waals surface area (Å²) in [5.41, 5.74) is -0.242. The van der Waals surface area contributed by atoms with Crippen LogP contribution in [0.5, 0.6) is 0 Å². The summed E-state index contributed by atoms with van der Waals surface area (Å²) >= 11 is 1.22. The smallest absolute Gasteiger partial charge is 0.262 e. The van der Waals surface area contributed by atoms with Gasteiger partial charge in [-0.15, -0.1) is 11.3 Å². The quantitative estimate of drug-likeness (QED) is 0.644. The van der Waals surface area contributed by atoms with Gasteiger partial charge in [-0.2, -0.15) is 0 Å². The standard InChI is InChI=1S/C20H19F3N4O2S/c21-13-1-2-15-14(10-13)18(29)27(11-25-15)16(17(28)26-19-24-7-8-30-19)9-12-3-5-20(22,23)6-4-12/h1-2,7-8,10-12,16H,3-6,9H2,(H,24,26,28). The predicted octanol–water partition coefficient (Wildman–Crippen LogP) is 4.39. The SMILES string of the molecule is O=C(Nc1nccs1)C(CC1CCC(F)(F)CC1)n1cnc2ccc(F)cc2c1=O. The van der Waals surface area contributed by atoms with Crippen molar-refractivity contribution in [1.82, 2.24) is 14.5 Å². The van der Waals surface area contributed by atoms with Gasteiger partial charge in [-0.1, -0.05) is 0 Å². The minimum atomic E-state index is -2.69. The van der Waals surface area contributed by atoms with Crippen molar-refractivity contribution in [1.29, 1.82) is 0 Å². The molecular formula is C20H19F3N4O2S. The summed E-state index contributed by atoms with van der Waals surface area (Å²) in [6, 6.07) is 2.70. The number of fused-ring (bicyclic) bond motifs is 1. The summed E-state index contributed by atoms with van der Waals surface area (Å²) < 4.78 is 41.9. The summed E-state index contributed by atoms with van der Waals surface area (Å²) in [4.78, 5) is 34.2. The Morgan fingerprint density at radius 1 is 1.30 bits per heavy atom. The Balaban J connectivity index is 1.67. The lowest BCUT2D eigenvalue weighted by atomic mass is 9.82. The second-order valence-electron chi connectivity index (χ2n) is 7.50. The molecule has 1 aromatic carbocycles. The Labute approximate surface area is 173 Å². The molecule has 1 aliphatic carbocycles. The molecular weight excluding hydrogens is 417 g/mol. The van der Waals surface area contributed by atoms with Crippen molar-refractivity contribution in [3.05, 3.63) is 52.3 Å². The summed E-state index contributed by atoms with van der Waals surface area (Å²) in [7, 11) is 0. The van der Waals surface area contributed by atoms with Crippen LogP contribution in [0.25, 0.3) is 10.9 Å². The van der Waals surface area contributed by atoms with Crippen LogP contribution in [0, 0.1) is 11.7 Å². The molecule has 0 bridgehead atoms. The number of amides is 1. The summed E-state index contributed by atoms with van der Waals surface area (Å²) in [5, 5.41) is 4.79. The zero-order chi connectivity index (χ0) is 21.3. The molecule has 30 heavy (non-hydrogen) atoms. The van der Waals surface area contributed by atoms with Gasteiger partial charge in [0.25, 0.3) is 5.56 Å². The van der Waals surface area contributed by atoms with Crippen LogP contribution in [0.4, 0.5) is 18.3 Å². The van der Waals surface area contributed by atoms with Crippen LogP contribution in [0.3, 0.4) is 0 Å². The monoisotopic (exact) mass is 436 g/mol. The Kier molecular flexibility index (Phi) is 5.59. The number of alkyl halides is 2. The normalized spacial score (nSPS) is 17.7. The average Bonchev–Trinajstić information content (AvgIpc) is 3.21. The number of anilines is 1. The van der Waals surface area contributed by atoms with E-state index in [-0.39, 0.29) is 43.4 Å². The van der Waals surface area contributed by atoms with E-state index in [0.29, 0.717) is 10.6 Å². The van der Waals surface area contributed by atoms with E-state index in [2.05, 4.69) is 15.3 Å². The molecule has 1 atom stereocenters. The van der Waals surface area contributed by atoms with E-state index in [0.717, 1.165) is 10.6 Å². The fourth-order valence-corrected chi connectivity index (χ4v) is 4.33. The Bertz CT molecular complexity index is 1110. The summed E-state index contributed by atoms with van der Waals surface area (Å²) in [6.07, 6.45) is 3.03. The second kappa shape index (κ2) is 8.17. The highest BCUT2D eigenvalue weighted by atomic mass is 32.1. The number of hydrogen-bond acceptors (Lipinski definition) is 5. The molecule has 1 fully saturated rings. The van der Waals surface area contributed by atoms with Gasteiger partial charge in [0, 0.05) is 24.4 Å². The van der Waals surface area contributed by atoms with E-state index < -0.39 is 29.2 Å². The summed E-state index contributed by atoms with van der Waals surface area (Å²) in [5.74, 6) is -3.90. The first-order chi connectivity index (χ1) is 14.3. The Morgan fingerprint density at radius 3 is 2.77 bits per heavy atom. The maximum Gasteiger partial charge on any atom is 0.262 e. The minimum Gasteiger partial charge on any atom is -0.300 e. The number of hydrogen-bond donors (Lipinski definition) is 1. The maximum absolute atomic E-state index is 13.7. The van der Waals surface area contributed by atoms with Crippen LogP contribution in [0.2, 0.25) is 0 Å². The van der Waals surface area contributed by atoms with Crippen molar-refractivity contribution in [3.63, 3.8) is 0 Å². The third kappa shape index (κ3) is 4.38. The number of rotatable bonds is 5. The van der Waals surface area contributed by atoms with Gasteiger partial charge in [0.15, 0.2) is 5.13 Å². The van der Waals surface area contributed by atoms with E-state index in [1.165, 1.54) is 36.0 Å². The van der Waals surface area contributed by atoms with Crippen LogP contribution >= 0.6 is 11.3 Å². The number of thiazole rings is 1. The molecule has 10 heteroatoms. The van der Waals surface area contributed by atoms with Gasteiger partial charge in [-0.25, -0.2) is 23.1 Å². The highest BCUT2D eigenvalue weighted by Gasteiger charge is 2.37. The molecule has 1 N–H and O–H groups in total. The lowest BCUT2D eigenvalue weighted by Crippen LogP contribution is -2.36. The lowest BCUT2D eigenvalue weighted by molar-refractivity contribution is -0.120. The van der Waals surface area contributed by atoms with Crippen LogP contribution < -0.4 is 10.9 Å². The van der Waals surface area contributed by atoms with Gasteiger partial charge in [0.2, 0.25) is 11.8 Å². The molecule has 3 aromatic rings. The molecule has 0 saturated heterocycles. The zero-order valence-corrected chi connectivity index (χ0v) is 16.7. The fourth-order valence-electron chi connectivity index (χ4n) is 3.80. The second-order valence-corrected chi connectivity index (χ2v) is 8.39. The first kappa shape index (κ1) is 20.5. The molecule has 6 nitrogen and oxygen atoms in total. The Hall–Kier alpha value is -2.75. The number of halogens is 3. The van der Waals surface area contributed by atoms with Crippen molar-refractivity contribution in [3.8, 4) is 0 Å². The first-order valence-corrected chi connectivity index (χ1v) is 10.4. The number of carbonyl (C=O) groups is 1. The fraction of sp³-hybridized carbons (Fsp3) is 0.400. The molecule has 1 saturated carbocycles. The molecule has 1 unspecified atom stereocenters. The van der Waals surface area contributed by atoms with Crippen LogP contribution in [-0.2, 0) is 4.79 Å². The van der Waals surface area contributed by atoms with Crippen LogP contribution in [-0.4, -0.2) is 26.4 Å². The highest BCUT2D eigenvalue weighted by Crippen LogP contribution is 2.39. The third-order valence-corrected chi connectivity index (χ3v) is 6.13. The van der Waals surface area contributed by atoms with Crippen molar-refractivity contribution >= 4 is 33.3 Å². The predicted molar refractivity (Wildman–Crippen MR) is 107 cm³/mol. The molecule has 2 heterocycles. The van der Waals surface area contributed by atoms with Crippen molar-refractivity contribution < 1.29 is 18.0 Å². The molecule has 0 aliphatic heterocycles. The summed E-state index contributed by atoms with van der Waals surface area (Å²) in [6.45, 7) is 0. The largest absolute Gasteiger partial charge is 0.300 e. The Morgan fingerprint density at radius 2 is 2.07 bits per heavy atom. The molecule has 158 valence electrons. The van der Waals surface area contributed by atoms with E-state index in [4.69, 9.17) is 0 Å². The first-order valence-electron chi connectivity index (χ1n) is 9.57. The van der Waals surface area contributed by atoms with Crippen molar-refractivity contribution in [2.75, 3.05) is 5.32 Å². The number of nitrogens with zero attached hydrogens (tertiary/aromatic N) is 3. The molecule has 0 spiro atoms. The molecule has 1 amide bonds.